The second-order valence-electron chi connectivity index (χ2n) is 3.82. The zero-order chi connectivity index (χ0) is 13.8. The number of nitro groups is 1. The van der Waals surface area contributed by atoms with E-state index in [0.717, 1.165) is 4.88 Å². The molecule has 0 atom stereocenters. The lowest BCUT2D eigenvalue weighted by Gasteiger charge is -2.04. The van der Waals surface area contributed by atoms with Gasteiger partial charge in [0.25, 0.3) is 0 Å². The number of nitro benzene ring substituents is 1. The monoisotopic (exact) mass is 277 g/mol. The first-order valence-electron chi connectivity index (χ1n) is 5.50. The molecule has 0 aliphatic carbocycles. The number of ketones is 1. The summed E-state index contributed by atoms with van der Waals surface area (Å²) < 4.78 is 4.90. The van der Waals surface area contributed by atoms with E-state index in [0.29, 0.717) is 5.56 Å². The van der Waals surface area contributed by atoms with Crippen LogP contribution in [-0.2, 0) is 6.42 Å². The molecule has 0 spiro atoms. The van der Waals surface area contributed by atoms with Gasteiger partial charge in [-0.05, 0) is 23.6 Å². The van der Waals surface area contributed by atoms with Crippen molar-refractivity contribution in [1.29, 1.82) is 0 Å². The van der Waals surface area contributed by atoms with E-state index in [9.17, 15) is 14.9 Å². The molecule has 0 aliphatic rings. The summed E-state index contributed by atoms with van der Waals surface area (Å²) in [6, 6.07) is 7.97. The topological polar surface area (TPSA) is 69.4 Å². The Kier molecular flexibility index (Phi) is 3.91. The van der Waals surface area contributed by atoms with Crippen molar-refractivity contribution in [3.05, 3.63) is 56.3 Å². The fourth-order valence-electron chi connectivity index (χ4n) is 1.68. The van der Waals surface area contributed by atoms with Crippen molar-refractivity contribution >= 4 is 22.8 Å². The molecule has 0 amide bonds. The van der Waals surface area contributed by atoms with Gasteiger partial charge in [-0.25, -0.2) is 0 Å². The van der Waals surface area contributed by atoms with Gasteiger partial charge in [0.1, 0.15) is 0 Å². The summed E-state index contributed by atoms with van der Waals surface area (Å²) >= 11 is 1.48. The number of hydrogen-bond donors (Lipinski definition) is 0. The Labute approximate surface area is 113 Å². The fraction of sp³-hybridized carbons (Fsp3) is 0.154. The minimum Gasteiger partial charge on any atom is -0.490 e. The molecule has 0 radical (unpaired) electrons. The molecule has 0 N–H and O–H groups in total. The molecule has 1 aromatic carbocycles. The highest BCUT2D eigenvalue weighted by atomic mass is 32.1. The number of thiophene rings is 1. The van der Waals surface area contributed by atoms with Crippen molar-refractivity contribution in [3.8, 4) is 5.75 Å². The molecular formula is C13H11NO4S. The molecule has 2 rings (SSSR count). The molecule has 19 heavy (non-hydrogen) atoms. The number of carbonyl (C=O) groups is 1. The summed E-state index contributed by atoms with van der Waals surface area (Å²) in [5.74, 6) is 0.00544. The maximum Gasteiger partial charge on any atom is 0.311 e. The number of Topliss-reactive ketones (excluding diaryl/α,β-unsaturated/α-hetero) is 1. The minimum atomic E-state index is -0.555. The summed E-state index contributed by atoms with van der Waals surface area (Å²) in [5, 5.41) is 12.8. The van der Waals surface area contributed by atoms with Crippen LogP contribution in [0.2, 0.25) is 0 Å². The Morgan fingerprint density at radius 3 is 2.79 bits per heavy atom. The number of benzene rings is 1. The Bertz CT molecular complexity index is 607. The predicted octanol–water partition coefficient (Wildman–Crippen LogP) is 3.09. The first-order valence-corrected chi connectivity index (χ1v) is 6.38. The number of ether oxygens (including phenoxy) is 1. The SMILES string of the molecule is COc1ccc(C(=O)Cc2cccs2)cc1[N+](=O)[O-]. The minimum absolute atomic E-state index is 0.145. The molecular weight excluding hydrogens is 266 g/mol. The Hall–Kier alpha value is -2.21. The summed E-state index contributed by atoms with van der Waals surface area (Å²) in [6.45, 7) is 0. The van der Waals surface area contributed by atoms with E-state index >= 15 is 0 Å². The van der Waals surface area contributed by atoms with Crippen molar-refractivity contribution in [1.82, 2.24) is 0 Å². The van der Waals surface area contributed by atoms with Crippen molar-refractivity contribution in [3.63, 3.8) is 0 Å². The molecule has 0 bridgehead atoms. The van der Waals surface area contributed by atoms with Crippen LogP contribution in [-0.4, -0.2) is 17.8 Å². The van der Waals surface area contributed by atoms with E-state index in [-0.39, 0.29) is 23.6 Å². The second kappa shape index (κ2) is 5.62. The lowest BCUT2D eigenvalue weighted by molar-refractivity contribution is -0.385. The van der Waals surface area contributed by atoms with Gasteiger partial charge in [0, 0.05) is 22.9 Å². The number of rotatable bonds is 5. The number of hydrogen-bond acceptors (Lipinski definition) is 5. The van der Waals surface area contributed by atoms with Crippen LogP contribution >= 0.6 is 11.3 Å². The average Bonchev–Trinajstić information content (AvgIpc) is 2.90. The van der Waals surface area contributed by atoms with Crippen molar-refractivity contribution in [2.24, 2.45) is 0 Å². The third-order valence-corrected chi connectivity index (χ3v) is 3.49. The average molecular weight is 277 g/mol. The van der Waals surface area contributed by atoms with Gasteiger partial charge in [0.15, 0.2) is 11.5 Å². The lowest BCUT2D eigenvalue weighted by atomic mass is 10.1. The second-order valence-corrected chi connectivity index (χ2v) is 4.86. The van der Waals surface area contributed by atoms with Gasteiger partial charge in [-0.1, -0.05) is 6.07 Å². The van der Waals surface area contributed by atoms with E-state index in [4.69, 9.17) is 4.74 Å². The van der Waals surface area contributed by atoms with Crippen molar-refractivity contribution in [2.45, 2.75) is 6.42 Å². The van der Waals surface area contributed by atoms with Gasteiger partial charge in [-0.2, -0.15) is 0 Å². The number of nitrogens with zero attached hydrogens (tertiary/aromatic N) is 1. The maximum absolute atomic E-state index is 12.0. The van der Waals surface area contributed by atoms with Crippen molar-refractivity contribution < 1.29 is 14.5 Å². The van der Waals surface area contributed by atoms with Gasteiger partial charge in [-0.15, -0.1) is 11.3 Å². The van der Waals surface area contributed by atoms with Gasteiger partial charge >= 0.3 is 5.69 Å². The maximum atomic E-state index is 12.0. The molecule has 2 aromatic rings. The Balaban J connectivity index is 2.27. The number of carbonyl (C=O) groups excluding carboxylic acids is 1. The predicted molar refractivity (Wildman–Crippen MR) is 72.0 cm³/mol. The molecule has 0 fully saturated rings. The largest absolute Gasteiger partial charge is 0.490 e. The molecule has 0 unspecified atom stereocenters. The summed E-state index contributed by atoms with van der Waals surface area (Å²) in [6.07, 6.45) is 0.251. The highest BCUT2D eigenvalue weighted by Crippen LogP contribution is 2.28. The zero-order valence-corrected chi connectivity index (χ0v) is 11.0. The fourth-order valence-corrected chi connectivity index (χ4v) is 2.38. The van der Waals surface area contributed by atoms with Crippen LogP contribution in [0.1, 0.15) is 15.2 Å². The summed E-state index contributed by atoms with van der Waals surface area (Å²) in [5.41, 5.74) is 0.125. The smallest absolute Gasteiger partial charge is 0.311 e. The Morgan fingerprint density at radius 2 is 2.21 bits per heavy atom. The van der Waals surface area contributed by atoms with Crippen LogP contribution in [0.15, 0.2) is 35.7 Å². The van der Waals surface area contributed by atoms with Gasteiger partial charge in [-0.3, -0.25) is 14.9 Å². The highest BCUT2D eigenvalue weighted by molar-refractivity contribution is 7.10. The zero-order valence-electron chi connectivity index (χ0n) is 10.2. The van der Waals surface area contributed by atoms with E-state index < -0.39 is 4.92 Å². The molecule has 1 aromatic heterocycles. The highest BCUT2D eigenvalue weighted by Gasteiger charge is 2.18. The first kappa shape index (κ1) is 13.2. The number of methoxy groups -OCH3 is 1. The third kappa shape index (κ3) is 2.97. The van der Waals surface area contributed by atoms with E-state index in [1.165, 1.54) is 30.6 Å². The molecule has 1 heterocycles. The molecule has 5 nitrogen and oxygen atoms in total. The molecule has 0 saturated carbocycles. The summed E-state index contributed by atoms with van der Waals surface area (Å²) in [7, 11) is 1.36. The lowest BCUT2D eigenvalue weighted by Crippen LogP contribution is -2.04. The van der Waals surface area contributed by atoms with Gasteiger partial charge in [0.2, 0.25) is 0 Å². The summed E-state index contributed by atoms with van der Waals surface area (Å²) in [4.78, 5) is 23.3. The standard InChI is InChI=1S/C13H11NO4S/c1-18-13-5-4-9(7-11(13)14(16)17)12(15)8-10-3-2-6-19-10/h2-7H,8H2,1H3. The van der Waals surface area contributed by atoms with E-state index in [1.807, 2.05) is 17.5 Å². The first-order chi connectivity index (χ1) is 9.11. The molecule has 0 saturated heterocycles. The molecule has 98 valence electrons. The quantitative estimate of drug-likeness (QED) is 0.478. The normalized spacial score (nSPS) is 10.2. The van der Waals surface area contributed by atoms with Crippen LogP contribution in [0.4, 0.5) is 5.69 Å². The van der Waals surface area contributed by atoms with Crippen LogP contribution in [0.5, 0.6) is 5.75 Å². The third-order valence-electron chi connectivity index (χ3n) is 2.61. The van der Waals surface area contributed by atoms with Crippen LogP contribution < -0.4 is 4.74 Å². The van der Waals surface area contributed by atoms with Crippen LogP contribution in [0, 0.1) is 10.1 Å². The van der Waals surface area contributed by atoms with E-state index in [2.05, 4.69) is 0 Å². The van der Waals surface area contributed by atoms with Crippen LogP contribution in [0.25, 0.3) is 0 Å². The van der Waals surface area contributed by atoms with E-state index in [1.54, 1.807) is 6.07 Å². The molecule has 6 heteroatoms. The van der Waals surface area contributed by atoms with Crippen molar-refractivity contribution in [2.75, 3.05) is 7.11 Å². The van der Waals surface area contributed by atoms with Crippen LogP contribution in [0.3, 0.4) is 0 Å². The van der Waals surface area contributed by atoms with Gasteiger partial charge < -0.3 is 4.74 Å². The molecule has 0 aliphatic heterocycles. The Morgan fingerprint density at radius 1 is 1.42 bits per heavy atom. The van der Waals surface area contributed by atoms with Gasteiger partial charge in [0.05, 0.1) is 12.0 Å².